The van der Waals surface area contributed by atoms with Crippen LogP contribution in [0, 0.1) is 25.6 Å². The van der Waals surface area contributed by atoms with E-state index in [0.29, 0.717) is 36.2 Å². The average molecular weight is 355 g/mol. The minimum atomic E-state index is -0.809. The molecule has 1 atom stereocenters. The standard InChI is InChI=1S/C21H22FNO3/c1-14-11-17(22)12-15(2)19(14)23-10-6-9-18(20(23)24)21(25)26-13-16-7-4-3-5-8-16/h3-5,7-8,11-12,18H,6,9-10,13H2,1-2H3. The first-order chi connectivity index (χ1) is 12.5. The molecule has 1 aliphatic rings. The van der Waals surface area contributed by atoms with Gasteiger partial charge in [-0.25, -0.2) is 4.39 Å². The molecule has 0 N–H and O–H groups in total. The van der Waals surface area contributed by atoms with E-state index in [1.807, 2.05) is 30.3 Å². The van der Waals surface area contributed by atoms with Crippen LogP contribution in [0.25, 0.3) is 0 Å². The Morgan fingerprint density at radius 2 is 1.85 bits per heavy atom. The van der Waals surface area contributed by atoms with Crippen molar-refractivity contribution in [1.82, 2.24) is 0 Å². The van der Waals surface area contributed by atoms with Crippen LogP contribution < -0.4 is 4.90 Å². The number of amides is 1. The predicted molar refractivity (Wildman–Crippen MR) is 97.2 cm³/mol. The Hall–Kier alpha value is -2.69. The lowest BCUT2D eigenvalue weighted by Gasteiger charge is -2.33. The molecular formula is C21H22FNO3. The first-order valence-corrected chi connectivity index (χ1v) is 8.76. The number of benzene rings is 2. The average Bonchev–Trinajstić information content (AvgIpc) is 2.61. The van der Waals surface area contributed by atoms with Crippen molar-refractivity contribution in [3.05, 3.63) is 65.0 Å². The summed E-state index contributed by atoms with van der Waals surface area (Å²) in [5.41, 5.74) is 2.95. The monoisotopic (exact) mass is 355 g/mol. The van der Waals surface area contributed by atoms with E-state index < -0.39 is 11.9 Å². The molecule has 0 radical (unpaired) electrons. The van der Waals surface area contributed by atoms with Crippen LogP contribution >= 0.6 is 0 Å². The molecule has 2 aromatic carbocycles. The first-order valence-electron chi connectivity index (χ1n) is 8.76. The van der Waals surface area contributed by atoms with E-state index in [4.69, 9.17) is 4.74 Å². The molecule has 1 saturated heterocycles. The van der Waals surface area contributed by atoms with E-state index in [-0.39, 0.29) is 18.3 Å². The third kappa shape index (κ3) is 3.77. The molecule has 0 spiro atoms. The SMILES string of the molecule is Cc1cc(F)cc(C)c1N1CCCC(C(=O)OCc2ccccc2)C1=O. The number of hydrogen-bond donors (Lipinski definition) is 0. The summed E-state index contributed by atoms with van der Waals surface area (Å²) in [7, 11) is 0. The number of anilines is 1. The number of carbonyl (C=O) groups is 2. The Bertz CT molecular complexity index is 796. The second-order valence-electron chi connectivity index (χ2n) is 6.67. The van der Waals surface area contributed by atoms with Crippen molar-refractivity contribution in [2.45, 2.75) is 33.3 Å². The summed E-state index contributed by atoms with van der Waals surface area (Å²) in [5.74, 6) is -1.91. The summed E-state index contributed by atoms with van der Waals surface area (Å²) < 4.78 is 18.9. The molecule has 1 amide bonds. The van der Waals surface area contributed by atoms with E-state index in [1.165, 1.54) is 12.1 Å². The zero-order valence-electron chi connectivity index (χ0n) is 15.0. The molecular weight excluding hydrogens is 333 g/mol. The Kier molecular flexibility index (Phi) is 5.35. The number of aryl methyl sites for hydroxylation is 2. The van der Waals surface area contributed by atoms with Gasteiger partial charge < -0.3 is 9.64 Å². The van der Waals surface area contributed by atoms with E-state index in [9.17, 15) is 14.0 Å². The van der Waals surface area contributed by atoms with Crippen LogP contribution in [0.2, 0.25) is 0 Å². The second kappa shape index (κ2) is 7.68. The highest BCUT2D eigenvalue weighted by molar-refractivity contribution is 6.07. The molecule has 0 bridgehead atoms. The highest BCUT2D eigenvalue weighted by Gasteiger charge is 2.37. The van der Waals surface area contributed by atoms with Gasteiger partial charge in [0.25, 0.3) is 0 Å². The van der Waals surface area contributed by atoms with Gasteiger partial charge in [-0.1, -0.05) is 30.3 Å². The molecule has 1 unspecified atom stereocenters. The molecule has 1 aliphatic heterocycles. The minimum Gasteiger partial charge on any atom is -0.460 e. The molecule has 136 valence electrons. The van der Waals surface area contributed by atoms with Gasteiger partial charge in [-0.2, -0.15) is 0 Å². The van der Waals surface area contributed by atoms with Gasteiger partial charge in [-0.15, -0.1) is 0 Å². The number of ether oxygens (including phenoxy) is 1. The van der Waals surface area contributed by atoms with E-state index in [0.717, 1.165) is 5.56 Å². The Labute approximate surface area is 152 Å². The van der Waals surface area contributed by atoms with Crippen molar-refractivity contribution in [3.8, 4) is 0 Å². The fraction of sp³-hybridized carbons (Fsp3) is 0.333. The molecule has 4 nitrogen and oxygen atoms in total. The maximum atomic E-state index is 13.6. The van der Waals surface area contributed by atoms with E-state index in [1.54, 1.807) is 18.7 Å². The first kappa shape index (κ1) is 18.1. The van der Waals surface area contributed by atoms with Crippen LogP contribution in [0.1, 0.15) is 29.5 Å². The van der Waals surface area contributed by atoms with Gasteiger partial charge in [0.2, 0.25) is 5.91 Å². The van der Waals surface area contributed by atoms with Gasteiger partial charge >= 0.3 is 5.97 Å². The molecule has 26 heavy (non-hydrogen) atoms. The van der Waals surface area contributed by atoms with E-state index in [2.05, 4.69) is 0 Å². The summed E-state index contributed by atoms with van der Waals surface area (Å²) in [6.45, 7) is 4.22. The molecule has 0 aliphatic carbocycles. The number of hydrogen-bond acceptors (Lipinski definition) is 3. The summed E-state index contributed by atoms with van der Waals surface area (Å²) in [6, 6.07) is 12.2. The molecule has 0 aromatic heterocycles. The number of piperidine rings is 1. The van der Waals surface area contributed by atoms with Crippen LogP contribution in [0.3, 0.4) is 0 Å². The van der Waals surface area contributed by atoms with Crippen molar-refractivity contribution in [2.24, 2.45) is 5.92 Å². The normalized spacial score (nSPS) is 17.3. The van der Waals surface area contributed by atoms with Gasteiger partial charge in [-0.05, 0) is 55.5 Å². The fourth-order valence-electron chi connectivity index (χ4n) is 3.47. The molecule has 3 rings (SSSR count). The van der Waals surface area contributed by atoms with Gasteiger partial charge in [0, 0.05) is 12.2 Å². The van der Waals surface area contributed by atoms with Crippen molar-refractivity contribution in [2.75, 3.05) is 11.4 Å². The summed E-state index contributed by atoms with van der Waals surface area (Å²) >= 11 is 0. The van der Waals surface area contributed by atoms with Crippen molar-refractivity contribution < 1.29 is 18.7 Å². The summed E-state index contributed by atoms with van der Waals surface area (Å²) in [6.07, 6.45) is 1.18. The van der Waals surface area contributed by atoms with Gasteiger partial charge in [0.1, 0.15) is 18.3 Å². The van der Waals surface area contributed by atoms with Gasteiger partial charge in [0.05, 0.1) is 0 Å². The topological polar surface area (TPSA) is 46.6 Å². The van der Waals surface area contributed by atoms with Crippen LogP contribution in [-0.4, -0.2) is 18.4 Å². The lowest BCUT2D eigenvalue weighted by Crippen LogP contribution is -2.45. The molecule has 0 saturated carbocycles. The Morgan fingerprint density at radius 3 is 2.50 bits per heavy atom. The van der Waals surface area contributed by atoms with Crippen molar-refractivity contribution in [3.63, 3.8) is 0 Å². The third-order valence-electron chi connectivity index (χ3n) is 4.67. The largest absolute Gasteiger partial charge is 0.460 e. The molecule has 1 fully saturated rings. The summed E-state index contributed by atoms with van der Waals surface area (Å²) in [5, 5.41) is 0. The number of esters is 1. The van der Waals surface area contributed by atoms with E-state index >= 15 is 0 Å². The van der Waals surface area contributed by atoms with Crippen LogP contribution in [0.4, 0.5) is 10.1 Å². The van der Waals surface area contributed by atoms with Gasteiger partial charge in [0.15, 0.2) is 0 Å². The quantitative estimate of drug-likeness (QED) is 0.617. The third-order valence-corrected chi connectivity index (χ3v) is 4.67. The van der Waals surface area contributed by atoms with Crippen LogP contribution in [0.5, 0.6) is 0 Å². The second-order valence-corrected chi connectivity index (χ2v) is 6.67. The minimum absolute atomic E-state index is 0.151. The Morgan fingerprint density at radius 1 is 1.19 bits per heavy atom. The molecule has 1 heterocycles. The zero-order valence-corrected chi connectivity index (χ0v) is 15.0. The van der Waals surface area contributed by atoms with Crippen molar-refractivity contribution in [1.29, 1.82) is 0 Å². The highest BCUT2D eigenvalue weighted by Crippen LogP contribution is 2.31. The number of nitrogens with zero attached hydrogens (tertiary/aromatic N) is 1. The number of halogens is 1. The van der Waals surface area contributed by atoms with Crippen molar-refractivity contribution >= 4 is 17.6 Å². The maximum absolute atomic E-state index is 13.6. The van der Waals surface area contributed by atoms with Crippen LogP contribution in [-0.2, 0) is 20.9 Å². The highest BCUT2D eigenvalue weighted by atomic mass is 19.1. The predicted octanol–water partition coefficient (Wildman–Crippen LogP) is 3.93. The lowest BCUT2D eigenvalue weighted by atomic mass is 9.95. The lowest BCUT2D eigenvalue weighted by molar-refractivity contribution is -0.154. The number of rotatable bonds is 4. The smallest absolute Gasteiger partial charge is 0.318 e. The Balaban J connectivity index is 1.74. The number of carbonyl (C=O) groups excluding carboxylic acids is 2. The molecule has 5 heteroatoms. The van der Waals surface area contributed by atoms with Crippen LogP contribution in [0.15, 0.2) is 42.5 Å². The molecule has 2 aromatic rings. The zero-order chi connectivity index (χ0) is 18.7. The summed E-state index contributed by atoms with van der Waals surface area (Å²) in [4.78, 5) is 27.0. The maximum Gasteiger partial charge on any atom is 0.318 e. The fourth-order valence-corrected chi connectivity index (χ4v) is 3.47. The van der Waals surface area contributed by atoms with Gasteiger partial charge in [-0.3, -0.25) is 9.59 Å².